The molecule has 0 aliphatic carbocycles. The van der Waals surface area contributed by atoms with Crippen molar-refractivity contribution in [1.82, 2.24) is 4.57 Å². The summed E-state index contributed by atoms with van der Waals surface area (Å²) in [7, 11) is 0. The summed E-state index contributed by atoms with van der Waals surface area (Å²) >= 11 is 1.25. The van der Waals surface area contributed by atoms with E-state index < -0.39 is 0 Å². The van der Waals surface area contributed by atoms with Crippen molar-refractivity contribution in [2.75, 3.05) is 0 Å². The van der Waals surface area contributed by atoms with Crippen LogP contribution in [0.15, 0.2) is 22.3 Å². The molecular weight excluding hydrogens is 170 g/mol. The highest BCUT2D eigenvalue weighted by molar-refractivity contribution is 7.07. The Morgan fingerprint density at radius 1 is 1.75 bits per heavy atom. The van der Waals surface area contributed by atoms with E-state index >= 15 is 0 Å². The van der Waals surface area contributed by atoms with Gasteiger partial charge in [-0.3, -0.25) is 9.36 Å². The van der Waals surface area contributed by atoms with Crippen molar-refractivity contribution in [3.63, 3.8) is 0 Å². The molecule has 1 aromatic rings. The summed E-state index contributed by atoms with van der Waals surface area (Å²) in [6.07, 6.45) is 0.932. The molecule has 0 aliphatic heterocycles. The second-order valence-electron chi connectivity index (χ2n) is 2.83. The van der Waals surface area contributed by atoms with Crippen LogP contribution < -0.4 is 4.87 Å². The number of nitrogens with zero attached hydrogens (tertiary/aromatic N) is 1. The summed E-state index contributed by atoms with van der Waals surface area (Å²) in [5.41, 5.74) is 2.12. The maximum Gasteiger partial charge on any atom is 0.307 e. The molecule has 66 valence electrons. The third kappa shape index (κ3) is 1.85. The number of thiazole rings is 1. The number of rotatable bonds is 3. The highest BCUT2D eigenvalue weighted by Gasteiger charge is 2.02. The Hall–Kier alpha value is -0.830. The Labute approximate surface area is 76.2 Å². The summed E-state index contributed by atoms with van der Waals surface area (Å²) < 4.78 is 1.76. The van der Waals surface area contributed by atoms with Crippen molar-refractivity contribution in [2.24, 2.45) is 0 Å². The van der Waals surface area contributed by atoms with E-state index in [9.17, 15) is 4.79 Å². The van der Waals surface area contributed by atoms with Gasteiger partial charge in [0.05, 0.1) is 0 Å². The van der Waals surface area contributed by atoms with Crippen LogP contribution in [0.1, 0.15) is 19.0 Å². The van der Waals surface area contributed by atoms with E-state index in [1.807, 2.05) is 12.3 Å². The van der Waals surface area contributed by atoms with E-state index in [1.165, 1.54) is 11.3 Å². The average Bonchev–Trinajstić information content (AvgIpc) is 2.35. The van der Waals surface area contributed by atoms with Crippen LogP contribution in [0.3, 0.4) is 0 Å². The Morgan fingerprint density at radius 3 is 2.83 bits per heavy atom. The quantitative estimate of drug-likeness (QED) is 0.658. The van der Waals surface area contributed by atoms with Crippen molar-refractivity contribution >= 4 is 11.3 Å². The van der Waals surface area contributed by atoms with E-state index in [0.717, 1.165) is 17.7 Å². The lowest BCUT2D eigenvalue weighted by atomic mass is 10.2. The number of hydrogen-bond acceptors (Lipinski definition) is 2. The zero-order chi connectivity index (χ0) is 9.14. The SMILES string of the molecule is C=C(CC)Cn1c(C)csc1=O. The van der Waals surface area contributed by atoms with Crippen molar-refractivity contribution in [2.45, 2.75) is 26.8 Å². The van der Waals surface area contributed by atoms with Gasteiger partial charge in [0.15, 0.2) is 0 Å². The smallest absolute Gasteiger partial charge is 0.299 e. The number of hydrogen-bond donors (Lipinski definition) is 0. The van der Waals surface area contributed by atoms with Gasteiger partial charge in [-0.1, -0.05) is 30.4 Å². The van der Waals surface area contributed by atoms with Crippen LogP contribution in [-0.4, -0.2) is 4.57 Å². The van der Waals surface area contributed by atoms with Crippen LogP contribution in [0.2, 0.25) is 0 Å². The molecule has 1 rings (SSSR count). The van der Waals surface area contributed by atoms with Crippen LogP contribution in [-0.2, 0) is 6.54 Å². The van der Waals surface area contributed by atoms with Gasteiger partial charge in [-0.25, -0.2) is 0 Å². The normalized spacial score (nSPS) is 10.2. The second kappa shape index (κ2) is 3.72. The van der Waals surface area contributed by atoms with Gasteiger partial charge in [0.25, 0.3) is 0 Å². The lowest BCUT2D eigenvalue weighted by Gasteiger charge is -2.04. The highest BCUT2D eigenvalue weighted by Crippen LogP contribution is 2.05. The van der Waals surface area contributed by atoms with Gasteiger partial charge < -0.3 is 0 Å². The minimum atomic E-state index is 0.113. The summed E-state index contributed by atoms with van der Waals surface area (Å²) in [5, 5.41) is 1.88. The van der Waals surface area contributed by atoms with Crippen molar-refractivity contribution in [3.8, 4) is 0 Å². The van der Waals surface area contributed by atoms with Crippen LogP contribution in [0.4, 0.5) is 0 Å². The molecule has 1 aromatic heterocycles. The first-order chi connectivity index (χ1) is 5.65. The summed E-state index contributed by atoms with van der Waals surface area (Å²) in [6, 6.07) is 0. The fraction of sp³-hybridized carbons (Fsp3) is 0.444. The third-order valence-electron chi connectivity index (χ3n) is 1.86. The molecule has 0 fully saturated rings. The maximum atomic E-state index is 11.2. The van der Waals surface area contributed by atoms with Crippen molar-refractivity contribution < 1.29 is 0 Å². The molecule has 0 unspecified atom stereocenters. The fourth-order valence-corrected chi connectivity index (χ4v) is 1.67. The summed E-state index contributed by atoms with van der Waals surface area (Å²) in [4.78, 5) is 11.3. The predicted octanol–water partition coefficient (Wildman–Crippen LogP) is 2.18. The van der Waals surface area contributed by atoms with Gasteiger partial charge in [0.1, 0.15) is 0 Å². The number of aromatic nitrogens is 1. The van der Waals surface area contributed by atoms with Gasteiger partial charge in [-0.2, -0.15) is 0 Å². The molecule has 1 heterocycles. The molecule has 3 heteroatoms. The molecule has 0 spiro atoms. The van der Waals surface area contributed by atoms with E-state index in [4.69, 9.17) is 0 Å². The first-order valence-corrected chi connectivity index (χ1v) is 4.84. The average molecular weight is 183 g/mol. The first-order valence-electron chi connectivity index (χ1n) is 3.96. The van der Waals surface area contributed by atoms with Crippen molar-refractivity contribution in [1.29, 1.82) is 0 Å². The standard InChI is InChI=1S/C9H13NOS/c1-4-7(2)5-10-8(3)6-12-9(10)11/h6H,2,4-5H2,1,3H3. The van der Waals surface area contributed by atoms with Gasteiger partial charge >= 0.3 is 4.87 Å². The molecular formula is C9H13NOS. The monoisotopic (exact) mass is 183 g/mol. The zero-order valence-electron chi connectivity index (χ0n) is 7.46. The first kappa shape index (κ1) is 9.26. The van der Waals surface area contributed by atoms with Crippen molar-refractivity contribution in [3.05, 3.63) is 32.9 Å². The zero-order valence-corrected chi connectivity index (χ0v) is 8.28. The molecule has 0 saturated heterocycles. The van der Waals surface area contributed by atoms with E-state index in [0.29, 0.717) is 6.54 Å². The molecule has 0 saturated carbocycles. The maximum absolute atomic E-state index is 11.2. The molecule has 0 radical (unpaired) electrons. The number of aryl methyl sites for hydroxylation is 1. The molecule has 0 bridgehead atoms. The fourth-order valence-electron chi connectivity index (χ4n) is 0.932. The predicted molar refractivity (Wildman–Crippen MR) is 52.7 cm³/mol. The largest absolute Gasteiger partial charge is 0.307 e. The minimum absolute atomic E-state index is 0.113. The molecule has 0 atom stereocenters. The van der Waals surface area contributed by atoms with Crippen LogP contribution >= 0.6 is 11.3 Å². The summed E-state index contributed by atoms with van der Waals surface area (Å²) in [6.45, 7) is 8.54. The topological polar surface area (TPSA) is 22.0 Å². The van der Waals surface area contributed by atoms with Gasteiger partial charge in [-0.15, -0.1) is 0 Å². The molecule has 0 aromatic carbocycles. The lowest BCUT2D eigenvalue weighted by molar-refractivity contribution is 0.724. The Balaban J connectivity index is 2.88. The third-order valence-corrected chi connectivity index (χ3v) is 2.74. The van der Waals surface area contributed by atoms with Crippen LogP contribution in [0.25, 0.3) is 0 Å². The van der Waals surface area contributed by atoms with E-state index in [2.05, 4.69) is 13.5 Å². The Kier molecular flexibility index (Phi) is 2.87. The lowest BCUT2D eigenvalue weighted by Crippen LogP contribution is -2.15. The summed E-state index contributed by atoms with van der Waals surface area (Å²) in [5.74, 6) is 0. The van der Waals surface area contributed by atoms with Crippen LogP contribution in [0, 0.1) is 6.92 Å². The molecule has 0 amide bonds. The second-order valence-corrected chi connectivity index (χ2v) is 3.65. The highest BCUT2D eigenvalue weighted by atomic mass is 32.1. The molecule has 0 aliphatic rings. The Bertz CT molecular complexity index is 335. The number of allylic oxidation sites excluding steroid dienone is 1. The molecule has 0 N–H and O–H groups in total. The molecule has 12 heavy (non-hydrogen) atoms. The minimum Gasteiger partial charge on any atom is -0.299 e. The van der Waals surface area contributed by atoms with Gasteiger partial charge in [-0.05, 0) is 13.3 Å². The Morgan fingerprint density at radius 2 is 2.42 bits per heavy atom. The van der Waals surface area contributed by atoms with Crippen LogP contribution in [0.5, 0.6) is 0 Å². The van der Waals surface area contributed by atoms with E-state index in [1.54, 1.807) is 4.57 Å². The van der Waals surface area contributed by atoms with Gasteiger partial charge in [0, 0.05) is 17.6 Å². The van der Waals surface area contributed by atoms with Gasteiger partial charge in [0.2, 0.25) is 0 Å². The molecule has 2 nitrogen and oxygen atoms in total. The van der Waals surface area contributed by atoms with E-state index in [-0.39, 0.29) is 4.87 Å².